The highest BCUT2D eigenvalue weighted by Crippen LogP contribution is 2.36. The van der Waals surface area contributed by atoms with Crippen LogP contribution in [0.5, 0.6) is 11.5 Å². The van der Waals surface area contributed by atoms with Crippen LogP contribution < -0.4 is 0 Å². The lowest BCUT2D eigenvalue weighted by molar-refractivity contribution is 0.470. The maximum atomic E-state index is 11.6. The summed E-state index contributed by atoms with van der Waals surface area (Å²) in [6.07, 6.45) is 18.0. The summed E-state index contributed by atoms with van der Waals surface area (Å²) < 4.78 is 0. The van der Waals surface area contributed by atoms with Crippen molar-refractivity contribution in [3.05, 3.63) is 106 Å². The van der Waals surface area contributed by atoms with Gasteiger partial charge in [-0.15, -0.1) is 0 Å². The first-order valence-corrected chi connectivity index (χ1v) is 17.7. The van der Waals surface area contributed by atoms with E-state index in [-0.39, 0.29) is 16.9 Å². The van der Waals surface area contributed by atoms with Crippen molar-refractivity contribution in [2.24, 2.45) is 9.98 Å². The summed E-state index contributed by atoms with van der Waals surface area (Å²) in [6.45, 7) is 8.61. The summed E-state index contributed by atoms with van der Waals surface area (Å²) in [5.41, 5.74) is 9.32. The molecule has 4 aromatic rings. The molecular weight excluding hydrogens is 576 g/mol. The third-order valence-corrected chi connectivity index (χ3v) is 9.40. The Balaban J connectivity index is 1.50. The minimum absolute atomic E-state index is 0.0615. The summed E-state index contributed by atoms with van der Waals surface area (Å²) >= 11 is 0. The Morgan fingerprint density at radius 2 is 1.02 bits per heavy atom. The Labute approximate surface area is 282 Å². The topological polar surface area (TPSA) is 65.2 Å². The van der Waals surface area contributed by atoms with Gasteiger partial charge in [0, 0.05) is 29.1 Å². The first-order valence-electron chi connectivity index (χ1n) is 17.7. The van der Waals surface area contributed by atoms with Crippen LogP contribution in [0, 0.1) is 6.92 Å². The van der Waals surface area contributed by atoms with E-state index >= 15 is 0 Å². The van der Waals surface area contributed by atoms with Gasteiger partial charge in [-0.3, -0.25) is 9.98 Å². The number of phenols is 2. The van der Waals surface area contributed by atoms with Crippen LogP contribution in [0.3, 0.4) is 0 Å². The lowest BCUT2D eigenvalue weighted by atomic mass is 9.86. The van der Waals surface area contributed by atoms with Gasteiger partial charge in [-0.1, -0.05) is 115 Å². The molecule has 0 saturated carbocycles. The quantitative estimate of drug-likeness (QED) is 0.220. The number of hydrogen-bond acceptors (Lipinski definition) is 4. The molecule has 5 rings (SSSR count). The average Bonchev–Trinajstić information content (AvgIpc) is 3.05. The first kappa shape index (κ1) is 34.2. The van der Waals surface area contributed by atoms with E-state index in [2.05, 4.69) is 69.3 Å². The van der Waals surface area contributed by atoms with Crippen LogP contribution >= 0.6 is 0 Å². The number of hydrogen-bond donors (Lipinski definition) is 2. The zero-order valence-corrected chi connectivity index (χ0v) is 28.9. The molecule has 0 aromatic heterocycles. The second-order valence-electron chi connectivity index (χ2n) is 14.3. The van der Waals surface area contributed by atoms with Gasteiger partial charge in [0.1, 0.15) is 11.5 Å². The van der Waals surface area contributed by atoms with E-state index in [9.17, 15) is 10.2 Å². The van der Waals surface area contributed by atoms with Crippen molar-refractivity contribution >= 4 is 23.8 Å². The highest BCUT2D eigenvalue weighted by Gasteiger charge is 2.16. The molecular formula is C43H52N2O2. The number of aliphatic imine (C=N–C) groups is 2. The van der Waals surface area contributed by atoms with Gasteiger partial charge in [-0.2, -0.15) is 0 Å². The average molecular weight is 629 g/mol. The zero-order chi connectivity index (χ0) is 33.2. The first-order chi connectivity index (χ1) is 22.7. The summed E-state index contributed by atoms with van der Waals surface area (Å²) in [7, 11) is 0. The van der Waals surface area contributed by atoms with Crippen molar-refractivity contribution in [1.29, 1.82) is 0 Å². The van der Waals surface area contributed by atoms with Gasteiger partial charge in [-0.05, 0) is 96.2 Å². The third kappa shape index (κ3) is 9.44. The fraction of sp³-hybridized carbons (Fsp3) is 0.395. The Kier molecular flexibility index (Phi) is 11.7. The van der Waals surface area contributed by atoms with Crippen LogP contribution in [0.1, 0.15) is 118 Å². The highest BCUT2D eigenvalue weighted by atomic mass is 16.3. The molecule has 1 aliphatic rings. The molecule has 0 aliphatic carbocycles. The van der Waals surface area contributed by atoms with Crippen LogP contribution in [0.15, 0.2) is 82.8 Å². The fourth-order valence-electron chi connectivity index (χ4n) is 6.49. The largest absolute Gasteiger partial charge is 0.507 e. The number of aryl methyl sites for hydroxylation is 3. The van der Waals surface area contributed by atoms with Crippen molar-refractivity contribution in [2.75, 3.05) is 0 Å². The zero-order valence-electron chi connectivity index (χ0n) is 28.9. The van der Waals surface area contributed by atoms with Crippen molar-refractivity contribution in [3.63, 3.8) is 0 Å². The summed E-state index contributed by atoms with van der Waals surface area (Å²) in [5, 5.41) is 22.4. The maximum Gasteiger partial charge on any atom is 0.132 e. The van der Waals surface area contributed by atoms with E-state index in [1.807, 2.05) is 31.2 Å². The Morgan fingerprint density at radius 1 is 0.553 bits per heavy atom. The number of fused-ring (bicyclic) bond motifs is 5. The summed E-state index contributed by atoms with van der Waals surface area (Å²) in [5.74, 6) is 0.505. The molecule has 4 heteroatoms. The summed E-state index contributed by atoms with van der Waals surface area (Å²) in [6, 6.07) is 24.7. The lowest BCUT2D eigenvalue weighted by Crippen LogP contribution is -2.10. The van der Waals surface area contributed by atoms with Gasteiger partial charge >= 0.3 is 0 Å². The minimum Gasteiger partial charge on any atom is -0.507 e. The minimum atomic E-state index is 0.0615. The van der Waals surface area contributed by atoms with Crippen molar-refractivity contribution < 1.29 is 10.2 Å². The molecule has 1 aliphatic heterocycles. The van der Waals surface area contributed by atoms with Crippen LogP contribution in [0.2, 0.25) is 0 Å². The van der Waals surface area contributed by atoms with Crippen LogP contribution in [0.4, 0.5) is 11.4 Å². The fourth-order valence-corrected chi connectivity index (χ4v) is 6.49. The lowest BCUT2D eigenvalue weighted by Gasteiger charge is -2.19. The van der Waals surface area contributed by atoms with E-state index in [0.29, 0.717) is 16.9 Å². The smallest absolute Gasteiger partial charge is 0.132 e. The van der Waals surface area contributed by atoms with Crippen molar-refractivity contribution in [3.8, 4) is 22.6 Å². The van der Waals surface area contributed by atoms with Gasteiger partial charge in [-0.25, -0.2) is 0 Å². The second kappa shape index (κ2) is 16.1. The summed E-state index contributed by atoms with van der Waals surface area (Å²) in [4.78, 5) is 9.63. The van der Waals surface area contributed by atoms with Gasteiger partial charge in [0.25, 0.3) is 0 Å². The van der Waals surface area contributed by atoms with Crippen LogP contribution in [-0.4, -0.2) is 22.6 Å². The molecule has 4 nitrogen and oxygen atoms in total. The van der Waals surface area contributed by atoms with Gasteiger partial charge in [0.2, 0.25) is 0 Å². The normalized spacial score (nSPS) is 15.5. The Hall–Kier alpha value is -4.18. The van der Waals surface area contributed by atoms with Gasteiger partial charge in [0.05, 0.1) is 11.4 Å². The molecule has 0 atom stereocenters. The van der Waals surface area contributed by atoms with Crippen LogP contribution in [0.25, 0.3) is 11.1 Å². The predicted octanol–water partition coefficient (Wildman–Crippen LogP) is 11.9. The van der Waals surface area contributed by atoms with E-state index < -0.39 is 0 Å². The predicted molar refractivity (Wildman–Crippen MR) is 200 cm³/mol. The van der Waals surface area contributed by atoms with Crippen LogP contribution in [-0.2, 0) is 18.3 Å². The SMILES string of the molecule is Cc1cc2cc(c1O)C=Nc1ccccc1N=Cc1cc(cc(-c3ccc(C(C)(C)C)cc3)c1O)CCCCCCCCCCCC2. The molecule has 47 heavy (non-hydrogen) atoms. The molecule has 246 valence electrons. The molecule has 4 bridgehead atoms. The second-order valence-corrected chi connectivity index (χ2v) is 14.3. The molecule has 2 N–H and O–H groups in total. The standard InChI is InChI=1S/C43H52N2O2/c1-31-25-32-17-13-11-9-7-5-6-8-10-12-14-18-33-27-36(42(47)38(28-33)34-21-23-37(24-22-34)43(2,3)4)30-45-40-20-16-15-19-39(40)44-29-35(26-32)41(31)46/h15-16,19-30,46-47H,5-14,17-18H2,1-4H3. The number of nitrogens with zero attached hydrogens (tertiary/aromatic N) is 2. The number of aromatic hydroxyl groups is 2. The van der Waals surface area contributed by atoms with E-state index in [1.54, 1.807) is 12.4 Å². The third-order valence-electron chi connectivity index (χ3n) is 9.40. The molecule has 0 amide bonds. The molecule has 0 radical (unpaired) electrons. The molecule has 0 saturated heterocycles. The Morgan fingerprint density at radius 3 is 1.53 bits per heavy atom. The highest BCUT2D eigenvalue weighted by molar-refractivity contribution is 5.92. The number of rotatable bonds is 1. The molecule has 1 heterocycles. The molecule has 0 unspecified atom stereocenters. The number of phenolic OH excluding ortho intramolecular Hbond substituents is 2. The van der Waals surface area contributed by atoms with E-state index in [0.717, 1.165) is 47.9 Å². The number of para-hydroxylation sites is 2. The van der Waals surface area contributed by atoms with E-state index in [4.69, 9.17) is 9.98 Å². The van der Waals surface area contributed by atoms with Crippen molar-refractivity contribution in [1.82, 2.24) is 0 Å². The van der Waals surface area contributed by atoms with Crippen molar-refractivity contribution in [2.45, 2.75) is 110 Å². The van der Waals surface area contributed by atoms with E-state index in [1.165, 1.54) is 68.1 Å². The van der Waals surface area contributed by atoms with Gasteiger partial charge in [0.15, 0.2) is 0 Å². The monoisotopic (exact) mass is 628 g/mol. The molecule has 0 fully saturated rings. The Bertz CT molecular complexity index is 1690. The van der Waals surface area contributed by atoms with Gasteiger partial charge < -0.3 is 10.2 Å². The maximum absolute atomic E-state index is 11.6. The number of benzene rings is 4. The molecule has 4 aromatic carbocycles. The molecule has 0 spiro atoms.